The molecule has 0 fully saturated rings. The molecule has 3 rings (SSSR count). The number of benzene rings is 2. The Kier molecular flexibility index (Phi) is 4.51. The van der Waals surface area contributed by atoms with Gasteiger partial charge in [0.15, 0.2) is 6.10 Å². The highest BCUT2D eigenvalue weighted by atomic mass is 16.5. The second-order valence-electron chi connectivity index (χ2n) is 5.49. The van der Waals surface area contributed by atoms with E-state index in [1.807, 2.05) is 0 Å². The van der Waals surface area contributed by atoms with E-state index < -0.39 is 18.3 Å². The number of fused-ring (bicyclic) bond motifs is 1. The Morgan fingerprint density at radius 3 is 2.12 bits per heavy atom. The lowest BCUT2D eigenvalue weighted by molar-refractivity contribution is -0.0710. The van der Waals surface area contributed by atoms with E-state index in [1.54, 1.807) is 43.5 Å². The minimum absolute atomic E-state index is 0.407. The van der Waals surface area contributed by atoms with Crippen LogP contribution >= 0.6 is 0 Å². The smallest absolute Gasteiger partial charge is 0.152 e. The van der Waals surface area contributed by atoms with E-state index in [0.29, 0.717) is 28.6 Å². The molecule has 1 aliphatic rings. The zero-order chi connectivity index (χ0) is 17.3. The predicted molar refractivity (Wildman–Crippen MR) is 86.9 cm³/mol. The summed E-state index contributed by atoms with van der Waals surface area (Å²) in [6, 6.07) is 10.5. The van der Waals surface area contributed by atoms with Crippen LogP contribution in [0, 0.1) is 0 Å². The third-order valence-electron chi connectivity index (χ3n) is 4.16. The van der Waals surface area contributed by atoms with Crippen molar-refractivity contribution in [2.75, 3.05) is 21.3 Å². The van der Waals surface area contributed by atoms with Gasteiger partial charge in [-0.1, -0.05) is 12.1 Å². The number of rotatable bonds is 4. The third kappa shape index (κ3) is 2.74. The minimum atomic E-state index is -1.14. The van der Waals surface area contributed by atoms with Crippen LogP contribution in [0.1, 0.15) is 23.3 Å². The van der Waals surface area contributed by atoms with Crippen LogP contribution in [0.2, 0.25) is 0 Å². The fourth-order valence-electron chi connectivity index (χ4n) is 2.85. The van der Waals surface area contributed by atoms with Gasteiger partial charge in [-0.15, -0.1) is 0 Å². The Morgan fingerprint density at radius 1 is 0.875 bits per heavy atom. The third-order valence-corrected chi connectivity index (χ3v) is 4.16. The second kappa shape index (κ2) is 6.59. The molecule has 3 atom stereocenters. The standard InChI is InChI=1S/C18H20O6/c1-21-11-6-4-10(5-7-11)18-17(20)16(19)15-13(23-3)8-12(22-2)9-14(15)24-18/h4-9,16-20H,1-3H3/t16-,17+,18-/m0/s1. The quantitative estimate of drug-likeness (QED) is 0.894. The van der Waals surface area contributed by atoms with E-state index in [0.717, 1.165) is 5.56 Å². The van der Waals surface area contributed by atoms with Gasteiger partial charge in [-0.25, -0.2) is 0 Å². The van der Waals surface area contributed by atoms with Crippen LogP contribution < -0.4 is 18.9 Å². The van der Waals surface area contributed by atoms with E-state index in [-0.39, 0.29) is 0 Å². The first-order valence-electron chi connectivity index (χ1n) is 7.51. The summed E-state index contributed by atoms with van der Waals surface area (Å²) in [6.45, 7) is 0. The molecule has 0 saturated heterocycles. The summed E-state index contributed by atoms with van der Waals surface area (Å²) in [5.41, 5.74) is 1.14. The molecule has 2 aromatic carbocycles. The molecule has 2 N–H and O–H groups in total. The molecule has 0 amide bonds. The molecule has 0 aromatic heterocycles. The molecule has 1 heterocycles. The van der Waals surface area contributed by atoms with E-state index in [4.69, 9.17) is 18.9 Å². The van der Waals surface area contributed by atoms with Crippen molar-refractivity contribution < 1.29 is 29.2 Å². The zero-order valence-corrected chi connectivity index (χ0v) is 13.7. The molecule has 6 nitrogen and oxygen atoms in total. The van der Waals surface area contributed by atoms with E-state index in [1.165, 1.54) is 14.2 Å². The average molecular weight is 332 g/mol. The van der Waals surface area contributed by atoms with Crippen LogP contribution in [0.5, 0.6) is 23.0 Å². The first-order valence-corrected chi connectivity index (χ1v) is 7.51. The van der Waals surface area contributed by atoms with Gasteiger partial charge in [0, 0.05) is 12.1 Å². The Morgan fingerprint density at radius 2 is 1.54 bits per heavy atom. The summed E-state index contributed by atoms with van der Waals surface area (Å²) in [5, 5.41) is 21.1. The van der Waals surface area contributed by atoms with Crippen molar-refractivity contribution >= 4 is 0 Å². The van der Waals surface area contributed by atoms with E-state index in [9.17, 15) is 10.2 Å². The number of ether oxygens (including phenoxy) is 4. The highest BCUT2D eigenvalue weighted by Gasteiger charge is 2.39. The maximum atomic E-state index is 10.6. The van der Waals surface area contributed by atoms with Crippen LogP contribution in [0.4, 0.5) is 0 Å². The maximum Gasteiger partial charge on any atom is 0.152 e. The molecule has 6 heteroatoms. The Labute approximate surface area is 140 Å². The molecule has 24 heavy (non-hydrogen) atoms. The summed E-state index contributed by atoms with van der Waals surface area (Å²) in [6.07, 6.45) is -2.98. The molecule has 0 saturated carbocycles. The Hall–Kier alpha value is -2.44. The Bertz CT molecular complexity index is 712. The molecule has 0 spiro atoms. The molecule has 0 bridgehead atoms. The second-order valence-corrected chi connectivity index (χ2v) is 5.49. The number of hydrogen-bond donors (Lipinski definition) is 2. The van der Waals surface area contributed by atoms with Gasteiger partial charge in [-0.3, -0.25) is 0 Å². The molecular weight excluding hydrogens is 312 g/mol. The fraction of sp³-hybridized carbons (Fsp3) is 0.333. The van der Waals surface area contributed by atoms with E-state index >= 15 is 0 Å². The molecular formula is C18H20O6. The van der Waals surface area contributed by atoms with Gasteiger partial charge in [-0.05, 0) is 17.7 Å². The lowest BCUT2D eigenvalue weighted by Gasteiger charge is -2.35. The van der Waals surface area contributed by atoms with Crippen LogP contribution in [0.3, 0.4) is 0 Å². The first kappa shape index (κ1) is 16.4. The van der Waals surface area contributed by atoms with Gasteiger partial charge in [0.25, 0.3) is 0 Å². The van der Waals surface area contributed by atoms with Crippen molar-refractivity contribution in [1.82, 2.24) is 0 Å². The number of aliphatic hydroxyl groups excluding tert-OH is 2. The van der Waals surface area contributed by atoms with Gasteiger partial charge in [0.2, 0.25) is 0 Å². The SMILES string of the molecule is COc1ccc([C@@H]2Oc3cc(OC)cc(OC)c3[C@H](O)[C@H]2O)cc1. The van der Waals surface area contributed by atoms with Gasteiger partial charge in [0.1, 0.15) is 35.2 Å². The lowest BCUT2D eigenvalue weighted by Crippen LogP contribution is -2.34. The first-order chi connectivity index (χ1) is 11.6. The molecule has 0 radical (unpaired) electrons. The summed E-state index contributed by atoms with van der Waals surface area (Å²) in [5.74, 6) is 2.07. The van der Waals surface area contributed by atoms with Crippen molar-refractivity contribution in [1.29, 1.82) is 0 Å². The van der Waals surface area contributed by atoms with Gasteiger partial charge < -0.3 is 29.2 Å². The average Bonchev–Trinajstić information content (AvgIpc) is 2.63. The number of methoxy groups -OCH3 is 3. The zero-order valence-electron chi connectivity index (χ0n) is 13.7. The highest BCUT2D eigenvalue weighted by Crippen LogP contribution is 2.47. The van der Waals surface area contributed by atoms with Crippen molar-refractivity contribution in [3.63, 3.8) is 0 Å². The highest BCUT2D eigenvalue weighted by molar-refractivity contribution is 5.54. The normalized spacial score (nSPS) is 22.3. The van der Waals surface area contributed by atoms with Gasteiger partial charge >= 0.3 is 0 Å². The monoisotopic (exact) mass is 332 g/mol. The van der Waals surface area contributed by atoms with Gasteiger partial charge in [0.05, 0.1) is 26.9 Å². The lowest BCUT2D eigenvalue weighted by atomic mass is 9.91. The molecule has 0 aliphatic carbocycles. The molecule has 2 aromatic rings. The topological polar surface area (TPSA) is 77.4 Å². The molecule has 0 unspecified atom stereocenters. The predicted octanol–water partition coefficient (Wildman–Crippen LogP) is 2.24. The van der Waals surface area contributed by atoms with Crippen LogP contribution in [0.25, 0.3) is 0 Å². The Balaban J connectivity index is 2.02. The van der Waals surface area contributed by atoms with Crippen molar-refractivity contribution in [3.05, 3.63) is 47.5 Å². The van der Waals surface area contributed by atoms with Crippen LogP contribution in [0.15, 0.2) is 36.4 Å². The summed E-state index contributed by atoms with van der Waals surface area (Å²) in [7, 11) is 4.61. The van der Waals surface area contributed by atoms with Crippen molar-refractivity contribution in [2.45, 2.75) is 18.3 Å². The van der Waals surface area contributed by atoms with Gasteiger partial charge in [-0.2, -0.15) is 0 Å². The number of aliphatic hydroxyl groups is 2. The molecule has 128 valence electrons. The summed E-state index contributed by atoms with van der Waals surface area (Å²) < 4.78 is 21.6. The van der Waals surface area contributed by atoms with Crippen LogP contribution in [-0.4, -0.2) is 37.6 Å². The van der Waals surface area contributed by atoms with E-state index in [2.05, 4.69) is 0 Å². The largest absolute Gasteiger partial charge is 0.497 e. The van der Waals surface area contributed by atoms with Crippen LogP contribution in [-0.2, 0) is 0 Å². The molecule has 1 aliphatic heterocycles. The van der Waals surface area contributed by atoms with Crippen molar-refractivity contribution in [2.24, 2.45) is 0 Å². The number of hydrogen-bond acceptors (Lipinski definition) is 6. The fourth-order valence-corrected chi connectivity index (χ4v) is 2.85. The summed E-state index contributed by atoms with van der Waals surface area (Å²) in [4.78, 5) is 0. The minimum Gasteiger partial charge on any atom is -0.497 e. The van der Waals surface area contributed by atoms with Crippen molar-refractivity contribution in [3.8, 4) is 23.0 Å². The summed E-state index contributed by atoms with van der Waals surface area (Å²) >= 11 is 0. The maximum absolute atomic E-state index is 10.6.